The van der Waals surface area contributed by atoms with Crippen LogP contribution in [0.15, 0.2) is 55.0 Å². The molecule has 0 atom stereocenters. The maximum atomic E-state index is 13.9. The quantitative estimate of drug-likeness (QED) is 0.725. The Hall–Kier alpha value is -2.53. The first kappa shape index (κ1) is 15.4. The van der Waals surface area contributed by atoms with Crippen molar-refractivity contribution in [1.29, 1.82) is 0 Å². The molecule has 5 heteroatoms. The highest BCUT2D eigenvalue weighted by molar-refractivity contribution is 5.71. The molecule has 0 N–H and O–H groups in total. The van der Waals surface area contributed by atoms with Gasteiger partial charge in [0.1, 0.15) is 5.82 Å². The molecular formula is C18H19FN4. The van der Waals surface area contributed by atoms with E-state index in [2.05, 4.69) is 15.0 Å². The van der Waals surface area contributed by atoms with Crippen molar-refractivity contribution in [3.63, 3.8) is 0 Å². The Morgan fingerprint density at radius 3 is 2.74 bits per heavy atom. The molecule has 0 saturated heterocycles. The zero-order valence-corrected chi connectivity index (χ0v) is 13.3. The molecule has 0 aliphatic rings. The second-order valence-corrected chi connectivity index (χ2v) is 5.70. The van der Waals surface area contributed by atoms with Crippen LogP contribution in [0.1, 0.15) is 0 Å². The first-order chi connectivity index (χ1) is 11.1. The number of hydrogen-bond acceptors (Lipinski definition) is 3. The van der Waals surface area contributed by atoms with Crippen molar-refractivity contribution in [1.82, 2.24) is 19.7 Å². The van der Waals surface area contributed by atoms with Gasteiger partial charge in [0.15, 0.2) is 0 Å². The number of benzene rings is 1. The maximum Gasteiger partial charge on any atom is 0.149 e. The van der Waals surface area contributed by atoms with E-state index in [1.54, 1.807) is 12.3 Å². The fourth-order valence-electron chi connectivity index (χ4n) is 2.40. The average Bonchev–Trinajstić information content (AvgIpc) is 3.02. The summed E-state index contributed by atoms with van der Waals surface area (Å²) in [4.78, 5) is 5.91. The smallest absolute Gasteiger partial charge is 0.149 e. The summed E-state index contributed by atoms with van der Waals surface area (Å²) >= 11 is 0. The SMILES string of the molecule is CN(C)CCn1ccc(-c2cccc(-c3ccncc3F)c2)n1. The van der Waals surface area contributed by atoms with Crippen molar-refractivity contribution in [2.24, 2.45) is 0 Å². The molecule has 0 amide bonds. The van der Waals surface area contributed by atoms with E-state index in [1.807, 2.05) is 55.3 Å². The second-order valence-electron chi connectivity index (χ2n) is 5.70. The summed E-state index contributed by atoms with van der Waals surface area (Å²) in [7, 11) is 4.08. The number of halogens is 1. The molecule has 1 aromatic carbocycles. The van der Waals surface area contributed by atoms with E-state index in [0.717, 1.165) is 29.9 Å². The molecule has 3 aromatic rings. The Morgan fingerprint density at radius 2 is 1.96 bits per heavy atom. The third kappa shape index (κ3) is 3.63. The highest BCUT2D eigenvalue weighted by atomic mass is 19.1. The minimum absolute atomic E-state index is 0.318. The molecule has 0 fully saturated rings. The van der Waals surface area contributed by atoms with Crippen LogP contribution in [0.5, 0.6) is 0 Å². The van der Waals surface area contributed by atoms with Gasteiger partial charge in [0, 0.05) is 30.1 Å². The summed E-state index contributed by atoms with van der Waals surface area (Å²) in [6.07, 6.45) is 4.80. The molecule has 3 rings (SSSR count). The lowest BCUT2D eigenvalue weighted by Crippen LogP contribution is -2.18. The molecule has 0 aliphatic carbocycles. The molecule has 0 radical (unpaired) electrons. The van der Waals surface area contributed by atoms with E-state index >= 15 is 0 Å². The Morgan fingerprint density at radius 1 is 1.13 bits per heavy atom. The van der Waals surface area contributed by atoms with Gasteiger partial charge in [0.25, 0.3) is 0 Å². The van der Waals surface area contributed by atoms with Gasteiger partial charge in [-0.3, -0.25) is 9.67 Å². The molecule has 2 aromatic heterocycles. The minimum atomic E-state index is -0.318. The first-order valence-electron chi connectivity index (χ1n) is 7.52. The molecule has 0 saturated carbocycles. The van der Waals surface area contributed by atoms with Gasteiger partial charge < -0.3 is 4.90 Å². The summed E-state index contributed by atoms with van der Waals surface area (Å²) in [5, 5.41) is 4.59. The Balaban J connectivity index is 1.87. The molecule has 4 nitrogen and oxygen atoms in total. The lowest BCUT2D eigenvalue weighted by atomic mass is 10.0. The molecule has 0 spiro atoms. The third-order valence-electron chi connectivity index (χ3n) is 3.66. The van der Waals surface area contributed by atoms with Crippen LogP contribution in [0, 0.1) is 5.82 Å². The van der Waals surface area contributed by atoms with Crippen LogP contribution in [0.25, 0.3) is 22.4 Å². The fraction of sp³-hybridized carbons (Fsp3) is 0.222. The van der Waals surface area contributed by atoms with Gasteiger partial charge in [-0.1, -0.05) is 18.2 Å². The van der Waals surface area contributed by atoms with Crippen LogP contribution >= 0.6 is 0 Å². The maximum absolute atomic E-state index is 13.9. The monoisotopic (exact) mass is 310 g/mol. The van der Waals surface area contributed by atoms with E-state index in [-0.39, 0.29) is 5.82 Å². The standard InChI is InChI=1S/C18H19FN4/c1-22(2)10-11-23-9-7-18(21-23)15-5-3-4-14(12-15)16-6-8-20-13-17(16)19/h3-9,12-13H,10-11H2,1-2H3. The zero-order valence-electron chi connectivity index (χ0n) is 13.3. The summed E-state index contributed by atoms with van der Waals surface area (Å²) in [5.74, 6) is -0.318. The molecule has 0 bridgehead atoms. The Labute approximate surface area is 135 Å². The third-order valence-corrected chi connectivity index (χ3v) is 3.66. The van der Waals surface area contributed by atoms with Gasteiger partial charge in [-0.2, -0.15) is 5.10 Å². The van der Waals surface area contributed by atoms with Crippen molar-refractivity contribution in [2.45, 2.75) is 6.54 Å². The van der Waals surface area contributed by atoms with Gasteiger partial charge in [0.05, 0.1) is 18.4 Å². The van der Waals surface area contributed by atoms with E-state index in [9.17, 15) is 4.39 Å². The summed E-state index contributed by atoms with van der Waals surface area (Å²) in [6, 6.07) is 11.4. The number of rotatable bonds is 5. The van der Waals surface area contributed by atoms with E-state index in [0.29, 0.717) is 5.56 Å². The van der Waals surface area contributed by atoms with Crippen LogP contribution in [0.3, 0.4) is 0 Å². The van der Waals surface area contributed by atoms with Crippen molar-refractivity contribution in [3.8, 4) is 22.4 Å². The summed E-state index contributed by atoms with van der Waals surface area (Å²) in [6.45, 7) is 1.77. The Bertz CT molecular complexity index is 795. The number of nitrogens with zero attached hydrogens (tertiary/aromatic N) is 4. The molecule has 0 unspecified atom stereocenters. The number of likely N-dealkylation sites (N-methyl/N-ethyl adjacent to an activating group) is 1. The fourth-order valence-corrected chi connectivity index (χ4v) is 2.40. The lowest BCUT2D eigenvalue weighted by molar-refractivity contribution is 0.373. The zero-order chi connectivity index (χ0) is 16.2. The van der Waals surface area contributed by atoms with Crippen LogP contribution in [0.4, 0.5) is 4.39 Å². The van der Waals surface area contributed by atoms with Crippen molar-refractivity contribution in [2.75, 3.05) is 20.6 Å². The van der Waals surface area contributed by atoms with Crippen LogP contribution < -0.4 is 0 Å². The number of pyridine rings is 1. The molecule has 2 heterocycles. The van der Waals surface area contributed by atoms with Crippen LogP contribution in [0.2, 0.25) is 0 Å². The van der Waals surface area contributed by atoms with Crippen LogP contribution in [-0.4, -0.2) is 40.3 Å². The predicted molar refractivity (Wildman–Crippen MR) is 89.4 cm³/mol. The number of aromatic nitrogens is 3. The van der Waals surface area contributed by atoms with Gasteiger partial charge in [-0.15, -0.1) is 0 Å². The second kappa shape index (κ2) is 6.71. The largest absolute Gasteiger partial charge is 0.308 e. The van der Waals surface area contributed by atoms with Gasteiger partial charge in [-0.25, -0.2) is 4.39 Å². The summed E-state index contributed by atoms with van der Waals surface area (Å²) < 4.78 is 15.8. The first-order valence-corrected chi connectivity index (χ1v) is 7.52. The summed E-state index contributed by atoms with van der Waals surface area (Å²) in [5.41, 5.74) is 3.24. The average molecular weight is 310 g/mol. The molecule has 23 heavy (non-hydrogen) atoms. The van der Waals surface area contributed by atoms with E-state index < -0.39 is 0 Å². The normalized spacial score (nSPS) is 11.1. The Kier molecular flexibility index (Phi) is 4.48. The van der Waals surface area contributed by atoms with Crippen LogP contribution in [-0.2, 0) is 6.54 Å². The highest BCUT2D eigenvalue weighted by Crippen LogP contribution is 2.26. The minimum Gasteiger partial charge on any atom is -0.308 e. The van der Waals surface area contributed by atoms with Crippen molar-refractivity contribution < 1.29 is 4.39 Å². The number of hydrogen-bond donors (Lipinski definition) is 0. The molecule has 0 aliphatic heterocycles. The molecule has 118 valence electrons. The van der Waals surface area contributed by atoms with Gasteiger partial charge >= 0.3 is 0 Å². The predicted octanol–water partition coefficient (Wildman–Crippen LogP) is 3.31. The van der Waals surface area contributed by atoms with Crippen molar-refractivity contribution in [3.05, 3.63) is 60.8 Å². The molecular weight excluding hydrogens is 291 g/mol. The van der Waals surface area contributed by atoms with E-state index in [1.165, 1.54) is 6.20 Å². The van der Waals surface area contributed by atoms with E-state index in [4.69, 9.17) is 0 Å². The van der Waals surface area contributed by atoms with Gasteiger partial charge in [0.2, 0.25) is 0 Å². The lowest BCUT2D eigenvalue weighted by Gasteiger charge is -2.08. The highest BCUT2D eigenvalue weighted by Gasteiger charge is 2.08. The van der Waals surface area contributed by atoms with Crippen molar-refractivity contribution >= 4 is 0 Å². The topological polar surface area (TPSA) is 34.0 Å². The van der Waals surface area contributed by atoms with Gasteiger partial charge in [-0.05, 0) is 37.9 Å².